The second-order valence-electron chi connectivity index (χ2n) is 4.27. The van der Waals surface area contributed by atoms with Crippen LogP contribution in [0.25, 0.3) is 5.57 Å². The molecule has 0 unspecified atom stereocenters. The topological polar surface area (TPSA) is 24.4 Å². The van der Waals surface area contributed by atoms with E-state index in [2.05, 4.69) is 34.9 Å². The molecule has 0 amide bonds. The molecular weight excluding hydrogens is 232 g/mol. The maximum Gasteiger partial charge on any atom is 0.253 e. The van der Waals surface area contributed by atoms with Gasteiger partial charge in [-0.1, -0.05) is 17.7 Å². The Balaban J connectivity index is 1.99. The SMILES string of the molecule is Clc1ccc2c(c1)CCCC2=CC1=CN=[C+]N1. The van der Waals surface area contributed by atoms with Crippen LogP contribution in [0, 0.1) is 0 Å². The van der Waals surface area contributed by atoms with Gasteiger partial charge in [0, 0.05) is 11.1 Å². The van der Waals surface area contributed by atoms with Gasteiger partial charge < -0.3 is 0 Å². The number of hydrogen-bond acceptors (Lipinski definition) is 2. The van der Waals surface area contributed by atoms with Crippen molar-refractivity contribution in [3.63, 3.8) is 0 Å². The molecule has 1 aliphatic carbocycles. The molecule has 1 N–H and O–H groups in total. The Kier molecular flexibility index (Phi) is 2.68. The van der Waals surface area contributed by atoms with E-state index in [1.54, 1.807) is 6.20 Å². The fraction of sp³-hybridized carbons (Fsp3) is 0.214. The summed E-state index contributed by atoms with van der Waals surface area (Å²) in [6.07, 6.45) is 10.0. The number of aliphatic imine (C=N–C) groups is 1. The first-order valence-electron chi connectivity index (χ1n) is 5.73. The van der Waals surface area contributed by atoms with Crippen molar-refractivity contribution in [1.82, 2.24) is 5.32 Å². The maximum atomic E-state index is 6.03. The van der Waals surface area contributed by atoms with Crippen molar-refractivity contribution in [1.29, 1.82) is 0 Å². The zero-order chi connectivity index (χ0) is 11.7. The predicted octanol–water partition coefficient (Wildman–Crippen LogP) is 3.41. The molecule has 0 aromatic heterocycles. The summed E-state index contributed by atoms with van der Waals surface area (Å²) < 4.78 is 0. The second kappa shape index (κ2) is 4.33. The van der Waals surface area contributed by atoms with Crippen LogP contribution in [0.1, 0.15) is 24.0 Å². The van der Waals surface area contributed by atoms with Crippen LogP contribution in [0.15, 0.2) is 41.2 Å². The minimum atomic E-state index is 0.819. The Bertz CT molecular complexity index is 541. The monoisotopic (exact) mass is 243 g/mol. The van der Waals surface area contributed by atoms with E-state index in [-0.39, 0.29) is 0 Å². The quantitative estimate of drug-likeness (QED) is 0.751. The summed E-state index contributed by atoms with van der Waals surface area (Å²) in [7, 11) is 0. The van der Waals surface area contributed by atoms with Crippen molar-refractivity contribution in [2.45, 2.75) is 19.3 Å². The number of nitrogens with zero attached hydrogens (tertiary/aromatic N) is 1. The van der Waals surface area contributed by atoms with Gasteiger partial charge in [-0.05, 0) is 53.1 Å². The molecule has 0 spiro atoms. The molecule has 0 radical (unpaired) electrons. The first-order chi connectivity index (χ1) is 8.33. The van der Waals surface area contributed by atoms with E-state index < -0.39 is 0 Å². The zero-order valence-electron chi connectivity index (χ0n) is 9.33. The molecule has 2 aliphatic rings. The lowest BCUT2D eigenvalue weighted by atomic mass is 9.87. The summed E-state index contributed by atoms with van der Waals surface area (Å²) in [4.78, 5) is 3.91. The lowest BCUT2D eigenvalue weighted by molar-refractivity contribution is 0.821. The summed E-state index contributed by atoms with van der Waals surface area (Å²) in [5.74, 6) is 0. The fourth-order valence-electron chi connectivity index (χ4n) is 2.33. The van der Waals surface area contributed by atoms with Gasteiger partial charge in [0.05, 0.1) is 0 Å². The predicted molar refractivity (Wildman–Crippen MR) is 71.0 cm³/mol. The average molecular weight is 244 g/mol. The van der Waals surface area contributed by atoms with E-state index in [0.717, 1.165) is 23.6 Å². The second-order valence-corrected chi connectivity index (χ2v) is 4.71. The van der Waals surface area contributed by atoms with Crippen LogP contribution < -0.4 is 5.32 Å². The number of hydrogen-bond donors (Lipinski definition) is 1. The van der Waals surface area contributed by atoms with E-state index in [1.807, 2.05) is 6.07 Å². The van der Waals surface area contributed by atoms with Gasteiger partial charge in [-0.2, -0.15) is 5.32 Å². The van der Waals surface area contributed by atoms with Gasteiger partial charge in [-0.15, -0.1) is 0 Å². The van der Waals surface area contributed by atoms with Gasteiger partial charge in [0.15, 0.2) is 0 Å². The van der Waals surface area contributed by atoms with E-state index in [4.69, 9.17) is 11.6 Å². The van der Waals surface area contributed by atoms with Crippen molar-refractivity contribution in [3.05, 3.63) is 52.3 Å². The van der Waals surface area contributed by atoms with Gasteiger partial charge in [0.2, 0.25) is 11.9 Å². The van der Waals surface area contributed by atoms with Gasteiger partial charge >= 0.3 is 0 Å². The number of halogens is 1. The Morgan fingerprint density at radius 3 is 3.12 bits per heavy atom. The molecule has 3 rings (SSSR count). The summed E-state index contributed by atoms with van der Waals surface area (Å²) in [5.41, 5.74) is 5.01. The van der Waals surface area contributed by atoms with Gasteiger partial charge in [-0.25, -0.2) is 0 Å². The van der Waals surface area contributed by atoms with Crippen molar-refractivity contribution < 1.29 is 0 Å². The standard InChI is InChI=1S/C14H12ClN2/c15-12-4-5-14-10(6-12)2-1-3-11(14)7-13-8-16-9-17-13/h4-8H,1-3H2,(H,16,17)/q+1. The first-order valence-corrected chi connectivity index (χ1v) is 6.11. The van der Waals surface area contributed by atoms with Crippen molar-refractivity contribution in [3.8, 4) is 0 Å². The van der Waals surface area contributed by atoms with E-state index in [9.17, 15) is 0 Å². The molecule has 1 aromatic rings. The zero-order valence-corrected chi connectivity index (χ0v) is 10.1. The average Bonchev–Trinajstić information content (AvgIpc) is 2.82. The number of fused-ring (bicyclic) bond motifs is 1. The summed E-state index contributed by atoms with van der Waals surface area (Å²) >= 11 is 6.03. The Morgan fingerprint density at radius 2 is 2.29 bits per heavy atom. The highest BCUT2D eigenvalue weighted by molar-refractivity contribution is 6.30. The van der Waals surface area contributed by atoms with Crippen LogP contribution in [0.2, 0.25) is 5.02 Å². The molecule has 17 heavy (non-hydrogen) atoms. The molecule has 0 fully saturated rings. The van der Waals surface area contributed by atoms with Crippen molar-refractivity contribution in [2.24, 2.45) is 4.99 Å². The summed E-state index contributed by atoms with van der Waals surface area (Å²) in [6.45, 7) is 0. The molecule has 1 aromatic carbocycles. The molecule has 3 heteroatoms. The number of benzene rings is 1. The molecule has 0 saturated heterocycles. The smallest absolute Gasteiger partial charge is 0.178 e. The molecule has 84 valence electrons. The first kappa shape index (κ1) is 10.5. The molecule has 2 nitrogen and oxygen atoms in total. The lowest BCUT2D eigenvalue weighted by Gasteiger charge is -2.18. The van der Waals surface area contributed by atoms with Crippen LogP contribution in [0.4, 0.5) is 0 Å². The van der Waals surface area contributed by atoms with Crippen molar-refractivity contribution >= 4 is 23.5 Å². The van der Waals surface area contributed by atoms with E-state index in [0.29, 0.717) is 0 Å². The molecular formula is C14H12ClN2+. The highest BCUT2D eigenvalue weighted by Gasteiger charge is 2.17. The third-order valence-corrected chi connectivity index (χ3v) is 3.34. The minimum Gasteiger partial charge on any atom is -0.178 e. The molecule has 0 atom stereocenters. The number of nitrogens with one attached hydrogen (secondary N) is 1. The Morgan fingerprint density at radius 1 is 1.35 bits per heavy atom. The van der Waals surface area contributed by atoms with Gasteiger partial charge in [-0.3, -0.25) is 0 Å². The largest absolute Gasteiger partial charge is 0.253 e. The Labute approximate surface area is 106 Å². The maximum absolute atomic E-state index is 6.03. The third kappa shape index (κ3) is 2.10. The van der Waals surface area contributed by atoms with Crippen LogP contribution >= 0.6 is 11.6 Å². The van der Waals surface area contributed by atoms with Gasteiger partial charge in [0.1, 0.15) is 0 Å². The highest BCUT2D eigenvalue weighted by atomic mass is 35.5. The Hall–Kier alpha value is -1.63. The van der Waals surface area contributed by atoms with E-state index >= 15 is 0 Å². The summed E-state index contributed by atoms with van der Waals surface area (Å²) in [6, 6.07) is 6.14. The van der Waals surface area contributed by atoms with Crippen LogP contribution in [-0.4, -0.2) is 6.34 Å². The molecule has 0 saturated carbocycles. The molecule has 0 bridgehead atoms. The fourth-order valence-corrected chi connectivity index (χ4v) is 2.52. The third-order valence-electron chi connectivity index (χ3n) is 3.10. The van der Waals surface area contributed by atoms with Gasteiger partial charge in [0.25, 0.3) is 6.34 Å². The number of allylic oxidation sites excluding steroid dienone is 2. The summed E-state index contributed by atoms with van der Waals surface area (Å²) in [5, 5.41) is 3.81. The molecule has 1 heterocycles. The van der Waals surface area contributed by atoms with Crippen LogP contribution in [0.3, 0.4) is 0 Å². The lowest BCUT2D eigenvalue weighted by Crippen LogP contribution is -2.06. The minimum absolute atomic E-state index is 0.819. The normalized spacial score (nSPS) is 19.6. The molecule has 1 aliphatic heterocycles. The van der Waals surface area contributed by atoms with E-state index in [1.165, 1.54) is 23.1 Å². The van der Waals surface area contributed by atoms with Crippen LogP contribution in [-0.2, 0) is 6.42 Å². The number of aryl methyl sites for hydroxylation is 1. The highest BCUT2D eigenvalue weighted by Crippen LogP contribution is 2.33. The van der Waals surface area contributed by atoms with Crippen LogP contribution in [0.5, 0.6) is 0 Å². The number of rotatable bonds is 1. The van der Waals surface area contributed by atoms with Crippen molar-refractivity contribution in [2.75, 3.05) is 0 Å².